The standard InChI is InChI=1S/C24H21N3O5/c1-26-22-19(23(29)27(2)24(26)30)17(15-10-9-12(31-3)11-16(15)32-4)18-20(25-22)13-7-5-6-8-14(13)21(18)28/h5-11,17-18H,1-4H3/t17-,18+/m1/s1. The minimum atomic E-state index is -0.701. The van der Waals surface area contributed by atoms with E-state index in [1.165, 1.54) is 18.7 Å². The van der Waals surface area contributed by atoms with Crippen molar-refractivity contribution in [2.24, 2.45) is 25.0 Å². The molecular weight excluding hydrogens is 410 g/mol. The Balaban J connectivity index is 1.90. The molecule has 2 aromatic carbocycles. The fourth-order valence-electron chi connectivity index (χ4n) is 4.78. The third kappa shape index (κ3) is 2.55. The van der Waals surface area contributed by atoms with Crippen LogP contribution in [0.15, 0.2) is 57.0 Å². The average Bonchev–Trinajstić information content (AvgIpc) is 3.11. The molecule has 0 N–H and O–H groups in total. The Morgan fingerprint density at radius 2 is 1.59 bits per heavy atom. The Morgan fingerprint density at radius 3 is 2.28 bits per heavy atom. The van der Waals surface area contributed by atoms with Gasteiger partial charge in [0, 0.05) is 42.8 Å². The van der Waals surface area contributed by atoms with Crippen LogP contribution in [0.25, 0.3) is 0 Å². The number of rotatable bonds is 3. The third-order valence-electron chi connectivity index (χ3n) is 6.36. The van der Waals surface area contributed by atoms with Crippen molar-refractivity contribution in [3.63, 3.8) is 0 Å². The largest absolute Gasteiger partial charge is 0.497 e. The maximum absolute atomic E-state index is 13.6. The van der Waals surface area contributed by atoms with E-state index in [-0.39, 0.29) is 11.6 Å². The van der Waals surface area contributed by atoms with E-state index in [2.05, 4.69) is 0 Å². The quantitative estimate of drug-likeness (QED) is 0.634. The summed E-state index contributed by atoms with van der Waals surface area (Å²) in [5.41, 5.74) is 1.84. The molecule has 0 spiro atoms. The lowest BCUT2D eigenvalue weighted by atomic mass is 9.76. The van der Waals surface area contributed by atoms with Crippen molar-refractivity contribution >= 4 is 17.3 Å². The molecule has 2 aliphatic rings. The van der Waals surface area contributed by atoms with Gasteiger partial charge in [0.2, 0.25) is 0 Å². The molecule has 8 heteroatoms. The van der Waals surface area contributed by atoms with Crippen molar-refractivity contribution in [3.05, 3.63) is 85.6 Å². The fourth-order valence-corrected chi connectivity index (χ4v) is 4.78. The number of carbonyl (C=O) groups is 1. The van der Waals surface area contributed by atoms with Crippen LogP contribution in [0.5, 0.6) is 11.5 Å². The molecule has 3 aromatic rings. The van der Waals surface area contributed by atoms with E-state index in [0.29, 0.717) is 33.9 Å². The monoisotopic (exact) mass is 431 g/mol. The summed E-state index contributed by atoms with van der Waals surface area (Å²) in [5.74, 6) is -0.150. The number of hydrogen-bond acceptors (Lipinski definition) is 6. The van der Waals surface area contributed by atoms with Crippen LogP contribution in [0.3, 0.4) is 0 Å². The minimum absolute atomic E-state index is 0.108. The van der Waals surface area contributed by atoms with Gasteiger partial charge in [-0.15, -0.1) is 0 Å². The minimum Gasteiger partial charge on any atom is -0.497 e. The zero-order chi connectivity index (χ0) is 22.7. The molecule has 2 heterocycles. The Morgan fingerprint density at radius 1 is 0.875 bits per heavy atom. The van der Waals surface area contributed by atoms with Crippen LogP contribution in [0.4, 0.5) is 5.82 Å². The normalized spacial score (nSPS) is 18.5. The molecular formula is C24H21N3O5. The second-order valence-electron chi connectivity index (χ2n) is 7.91. The zero-order valence-corrected chi connectivity index (χ0v) is 18.1. The summed E-state index contributed by atoms with van der Waals surface area (Å²) in [6, 6.07) is 12.6. The summed E-state index contributed by atoms with van der Waals surface area (Å²) in [6.45, 7) is 0. The van der Waals surface area contributed by atoms with Crippen molar-refractivity contribution in [1.82, 2.24) is 9.13 Å². The van der Waals surface area contributed by atoms with Crippen molar-refractivity contribution in [2.45, 2.75) is 5.92 Å². The van der Waals surface area contributed by atoms with Gasteiger partial charge in [-0.05, 0) is 6.07 Å². The van der Waals surface area contributed by atoms with Gasteiger partial charge in [0.25, 0.3) is 5.56 Å². The highest BCUT2D eigenvalue weighted by Gasteiger charge is 2.48. The molecule has 1 aliphatic heterocycles. The van der Waals surface area contributed by atoms with E-state index in [1.54, 1.807) is 44.5 Å². The molecule has 0 unspecified atom stereocenters. The molecule has 1 aliphatic carbocycles. The number of aromatic nitrogens is 2. The van der Waals surface area contributed by atoms with E-state index in [0.717, 1.165) is 10.1 Å². The number of methoxy groups -OCH3 is 2. The van der Waals surface area contributed by atoms with Gasteiger partial charge in [0.15, 0.2) is 5.78 Å². The number of nitrogens with zero attached hydrogens (tertiary/aromatic N) is 3. The van der Waals surface area contributed by atoms with E-state index < -0.39 is 23.1 Å². The van der Waals surface area contributed by atoms with Gasteiger partial charge in [-0.2, -0.15) is 0 Å². The van der Waals surface area contributed by atoms with Crippen LogP contribution in [0.1, 0.15) is 33.0 Å². The molecule has 0 saturated heterocycles. The van der Waals surface area contributed by atoms with E-state index in [9.17, 15) is 14.4 Å². The maximum atomic E-state index is 13.6. The summed E-state index contributed by atoms with van der Waals surface area (Å²) >= 11 is 0. The van der Waals surface area contributed by atoms with Crippen molar-refractivity contribution < 1.29 is 14.3 Å². The number of aliphatic imine (C=N–C) groups is 1. The van der Waals surface area contributed by atoms with Gasteiger partial charge < -0.3 is 9.47 Å². The van der Waals surface area contributed by atoms with Crippen LogP contribution in [-0.2, 0) is 14.1 Å². The Kier molecular flexibility index (Phi) is 4.40. The number of fused-ring (bicyclic) bond motifs is 4. The molecule has 0 amide bonds. The summed E-state index contributed by atoms with van der Waals surface area (Å²) in [5, 5.41) is 0. The van der Waals surface area contributed by atoms with Crippen LogP contribution in [0, 0.1) is 5.92 Å². The first kappa shape index (κ1) is 20.0. The van der Waals surface area contributed by atoms with Gasteiger partial charge in [0.1, 0.15) is 17.3 Å². The highest BCUT2D eigenvalue weighted by Crippen LogP contribution is 2.48. The first-order valence-corrected chi connectivity index (χ1v) is 10.1. The van der Waals surface area contributed by atoms with Gasteiger partial charge in [-0.25, -0.2) is 9.79 Å². The van der Waals surface area contributed by atoms with Crippen LogP contribution in [-0.4, -0.2) is 34.8 Å². The summed E-state index contributed by atoms with van der Waals surface area (Å²) < 4.78 is 13.4. The van der Waals surface area contributed by atoms with Crippen LogP contribution in [0.2, 0.25) is 0 Å². The molecule has 162 valence electrons. The number of ether oxygens (including phenoxy) is 2. The van der Waals surface area contributed by atoms with E-state index in [1.807, 2.05) is 12.1 Å². The number of ketones is 1. The van der Waals surface area contributed by atoms with Gasteiger partial charge >= 0.3 is 5.69 Å². The molecule has 0 fully saturated rings. The van der Waals surface area contributed by atoms with E-state index in [4.69, 9.17) is 14.5 Å². The number of Topliss-reactive ketones (excluding diaryl/α,β-unsaturated/α-hetero) is 1. The second-order valence-corrected chi connectivity index (χ2v) is 7.91. The Bertz CT molecular complexity index is 1450. The molecule has 0 radical (unpaired) electrons. The first-order valence-electron chi connectivity index (χ1n) is 10.1. The zero-order valence-electron chi connectivity index (χ0n) is 18.1. The highest BCUT2D eigenvalue weighted by atomic mass is 16.5. The molecule has 32 heavy (non-hydrogen) atoms. The molecule has 8 nitrogen and oxygen atoms in total. The van der Waals surface area contributed by atoms with Crippen molar-refractivity contribution in [1.29, 1.82) is 0 Å². The number of carbonyl (C=O) groups excluding carboxylic acids is 1. The van der Waals surface area contributed by atoms with Crippen molar-refractivity contribution in [3.8, 4) is 11.5 Å². The molecule has 0 saturated carbocycles. The topological polar surface area (TPSA) is 91.9 Å². The third-order valence-corrected chi connectivity index (χ3v) is 6.36. The summed E-state index contributed by atoms with van der Waals surface area (Å²) in [4.78, 5) is 44.3. The van der Waals surface area contributed by atoms with E-state index >= 15 is 0 Å². The number of hydrogen-bond donors (Lipinski definition) is 0. The van der Waals surface area contributed by atoms with Crippen LogP contribution < -0.4 is 20.7 Å². The molecule has 5 rings (SSSR count). The highest BCUT2D eigenvalue weighted by molar-refractivity contribution is 6.30. The molecule has 2 atom stereocenters. The predicted molar refractivity (Wildman–Crippen MR) is 119 cm³/mol. The van der Waals surface area contributed by atoms with Gasteiger partial charge in [0.05, 0.1) is 31.4 Å². The second kappa shape index (κ2) is 7.05. The first-order chi connectivity index (χ1) is 15.4. The lowest BCUT2D eigenvalue weighted by molar-refractivity contribution is 0.0952. The fraction of sp³-hybridized carbons (Fsp3) is 0.250. The average molecular weight is 431 g/mol. The van der Waals surface area contributed by atoms with Crippen molar-refractivity contribution in [2.75, 3.05) is 14.2 Å². The molecule has 1 aromatic heterocycles. The smallest absolute Gasteiger partial charge is 0.332 e. The summed E-state index contributed by atoms with van der Waals surface area (Å²) in [7, 11) is 6.09. The predicted octanol–water partition coefficient (Wildman–Crippen LogP) is 2.18. The van der Waals surface area contributed by atoms with Crippen LogP contribution >= 0.6 is 0 Å². The lowest BCUT2D eigenvalue weighted by Crippen LogP contribution is -2.43. The lowest BCUT2D eigenvalue weighted by Gasteiger charge is -2.30. The van der Waals surface area contributed by atoms with Gasteiger partial charge in [-0.3, -0.25) is 18.7 Å². The van der Waals surface area contributed by atoms with Gasteiger partial charge in [-0.1, -0.05) is 30.3 Å². The maximum Gasteiger partial charge on any atom is 0.332 e. The Hall–Kier alpha value is -3.94. The SMILES string of the molecule is COc1ccc([C@H]2c3c(n(C)c(=O)n(C)c3=O)N=C3c4ccccc4C(=O)[C@H]32)c(OC)c1. The summed E-state index contributed by atoms with van der Waals surface area (Å²) in [6.07, 6.45) is 0. The Labute approximate surface area is 183 Å². The molecule has 0 bridgehead atoms. The number of benzene rings is 2.